The predicted molar refractivity (Wildman–Crippen MR) is 82.0 cm³/mol. The molecule has 2 aromatic rings. The van der Waals surface area contributed by atoms with E-state index in [1.807, 2.05) is 0 Å². The van der Waals surface area contributed by atoms with Gasteiger partial charge < -0.3 is 10.4 Å². The van der Waals surface area contributed by atoms with E-state index in [1.165, 1.54) is 29.5 Å². The Balaban J connectivity index is 2.01. The van der Waals surface area contributed by atoms with Crippen molar-refractivity contribution in [1.82, 2.24) is 5.32 Å². The minimum absolute atomic E-state index is 0.0689. The summed E-state index contributed by atoms with van der Waals surface area (Å²) >= 11 is 1.34. The lowest BCUT2D eigenvalue weighted by molar-refractivity contribution is -0.138. The van der Waals surface area contributed by atoms with Gasteiger partial charge in [-0.05, 0) is 30.0 Å². The summed E-state index contributed by atoms with van der Waals surface area (Å²) in [4.78, 5) is 12.6. The van der Waals surface area contributed by atoms with Crippen LogP contribution in [0, 0.1) is 0 Å². The molecule has 0 saturated carbocycles. The molecule has 1 atom stereocenters. The Morgan fingerprint density at radius 2 is 1.91 bits per heavy atom. The van der Waals surface area contributed by atoms with E-state index in [2.05, 4.69) is 5.32 Å². The van der Waals surface area contributed by atoms with E-state index in [0.29, 0.717) is 4.88 Å². The van der Waals surface area contributed by atoms with E-state index in [0.717, 1.165) is 6.07 Å². The average Bonchev–Trinajstić information content (AvgIpc) is 3.00. The maximum Gasteiger partial charge on any atom is 0.416 e. The number of amides is 1. The number of nitrogens with one attached hydrogen (secondary N) is 1. The Labute approximate surface area is 135 Å². The summed E-state index contributed by atoms with van der Waals surface area (Å²) in [5, 5.41) is 14.6. The second kappa shape index (κ2) is 6.72. The van der Waals surface area contributed by atoms with Crippen LogP contribution in [0.2, 0.25) is 0 Å². The van der Waals surface area contributed by atoms with Crippen molar-refractivity contribution in [3.8, 4) is 0 Å². The molecule has 0 aliphatic carbocycles. The molecule has 0 saturated heterocycles. The van der Waals surface area contributed by atoms with Gasteiger partial charge in [-0.3, -0.25) is 4.79 Å². The summed E-state index contributed by atoms with van der Waals surface area (Å²) in [6.45, 7) is 1.48. The van der Waals surface area contributed by atoms with Gasteiger partial charge in [0.1, 0.15) is 5.60 Å². The highest BCUT2D eigenvalue weighted by atomic mass is 32.1. The van der Waals surface area contributed by atoms with E-state index in [1.54, 1.807) is 24.4 Å². The number of carbonyl (C=O) groups is 1. The van der Waals surface area contributed by atoms with E-state index in [-0.39, 0.29) is 12.1 Å². The van der Waals surface area contributed by atoms with Crippen LogP contribution in [0.4, 0.5) is 13.2 Å². The van der Waals surface area contributed by atoms with Crippen molar-refractivity contribution in [2.75, 3.05) is 6.54 Å². The number of rotatable bonds is 5. The molecule has 0 aliphatic heterocycles. The van der Waals surface area contributed by atoms with Gasteiger partial charge >= 0.3 is 6.18 Å². The van der Waals surface area contributed by atoms with Gasteiger partial charge in [0.05, 0.1) is 18.5 Å². The summed E-state index contributed by atoms with van der Waals surface area (Å²) in [6.07, 6.45) is -4.89. The molecular weight excluding hydrogens is 327 g/mol. The first kappa shape index (κ1) is 17.5. The van der Waals surface area contributed by atoms with Crippen LogP contribution in [0.5, 0.6) is 0 Å². The molecule has 1 aromatic heterocycles. The maximum absolute atomic E-state index is 12.9. The smallest absolute Gasteiger partial charge is 0.383 e. The zero-order valence-electron chi connectivity index (χ0n) is 12.4. The largest absolute Gasteiger partial charge is 0.416 e. The number of hydrogen-bond acceptors (Lipinski definition) is 3. The molecule has 7 heteroatoms. The Bertz CT molecular complexity index is 666. The molecule has 124 valence electrons. The molecule has 3 nitrogen and oxygen atoms in total. The van der Waals surface area contributed by atoms with Crippen LogP contribution in [-0.4, -0.2) is 17.6 Å². The summed E-state index contributed by atoms with van der Waals surface area (Å²) in [5.74, 6) is -0.571. The van der Waals surface area contributed by atoms with Gasteiger partial charge in [-0.15, -0.1) is 11.3 Å². The van der Waals surface area contributed by atoms with Gasteiger partial charge in [0.25, 0.3) is 0 Å². The van der Waals surface area contributed by atoms with Crippen molar-refractivity contribution >= 4 is 17.2 Å². The number of alkyl halides is 3. The monoisotopic (exact) mass is 343 g/mol. The first-order valence-electron chi connectivity index (χ1n) is 6.88. The van der Waals surface area contributed by atoms with Crippen molar-refractivity contribution in [3.63, 3.8) is 0 Å². The van der Waals surface area contributed by atoms with Crippen molar-refractivity contribution in [2.45, 2.75) is 25.1 Å². The Morgan fingerprint density at radius 3 is 2.52 bits per heavy atom. The van der Waals surface area contributed by atoms with Crippen LogP contribution >= 0.6 is 11.3 Å². The van der Waals surface area contributed by atoms with Crippen LogP contribution in [0.1, 0.15) is 22.9 Å². The summed E-state index contributed by atoms with van der Waals surface area (Å²) < 4.78 is 38.7. The minimum atomic E-state index is -4.50. The second-order valence-corrected chi connectivity index (χ2v) is 6.31. The lowest BCUT2D eigenvalue weighted by Gasteiger charge is -2.22. The lowest BCUT2D eigenvalue weighted by atomic mass is 10.0. The summed E-state index contributed by atoms with van der Waals surface area (Å²) in [7, 11) is 0. The molecule has 0 bridgehead atoms. The Kier molecular flexibility index (Phi) is 5.11. The third-order valence-corrected chi connectivity index (χ3v) is 4.48. The third-order valence-electron chi connectivity index (χ3n) is 3.36. The number of halogens is 3. The van der Waals surface area contributed by atoms with Crippen molar-refractivity contribution in [3.05, 3.63) is 57.8 Å². The highest BCUT2D eigenvalue weighted by Gasteiger charge is 2.33. The molecule has 1 unspecified atom stereocenters. The van der Waals surface area contributed by atoms with Gasteiger partial charge in [-0.25, -0.2) is 0 Å². The molecule has 1 aromatic carbocycles. The molecule has 23 heavy (non-hydrogen) atoms. The molecule has 0 aliphatic rings. The van der Waals surface area contributed by atoms with Crippen LogP contribution < -0.4 is 5.32 Å². The fourth-order valence-electron chi connectivity index (χ4n) is 2.13. The molecule has 1 amide bonds. The van der Waals surface area contributed by atoms with E-state index >= 15 is 0 Å². The predicted octanol–water partition coefficient (Wildman–Crippen LogP) is 3.33. The number of hydrogen-bond donors (Lipinski definition) is 2. The fourth-order valence-corrected chi connectivity index (χ4v) is 2.92. The topological polar surface area (TPSA) is 49.3 Å². The van der Waals surface area contributed by atoms with Crippen molar-refractivity contribution in [1.29, 1.82) is 0 Å². The van der Waals surface area contributed by atoms with Gasteiger partial charge in [-0.1, -0.05) is 24.3 Å². The van der Waals surface area contributed by atoms with E-state index < -0.39 is 29.7 Å². The summed E-state index contributed by atoms with van der Waals surface area (Å²) in [5.41, 5.74) is -2.17. The molecule has 2 N–H and O–H groups in total. The third kappa shape index (κ3) is 4.56. The van der Waals surface area contributed by atoms with Crippen LogP contribution in [0.15, 0.2) is 41.8 Å². The standard InChI is InChI=1S/C16H16F3NO2S/c1-15(22,13-7-4-8-23-13)10-20-14(21)9-11-5-2-3-6-12(11)16(17,18)19/h2-8,22H,9-10H2,1H3,(H,20,21). The maximum atomic E-state index is 12.9. The quantitative estimate of drug-likeness (QED) is 0.875. The molecule has 1 heterocycles. The average molecular weight is 343 g/mol. The second-order valence-electron chi connectivity index (χ2n) is 5.36. The normalized spacial score (nSPS) is 14.3. The van der Waals surface area contributed by atoms with Gasteiger partial charge in [0.15, 0.2) is 0 Å². The van der Waals surface area contributed by atoms with Gasteiger partial charge in [0.2, 0.25) is 5.91 Å². The number of aliphatic hydroxyl groups is 1. The Hall–Kier alpha value is -1.86. The Morgan fingerprint density at radius 1 is 1.22 bits per heavy atom. The minimum Gasteiger partial charge on any atom is -0.383 e. The van der Waals surface area contributed by atoms with Crippen LogP contribution in [0.25, 0.3) is 0 Å². The van der Waals surface area contributed by atoms with Crippen LogP contribution in [0.3, 0.4) is 0 Å². The summed E-state index contributed by atoms with van der Waals surface area (Å²) in [6, 6.07) is 8.47. The first-order chi connectivity index (χ1) is 10.7. The van der Waals surface area contributed by atoms with E-state index in [4.69, 9.17) is 0 Å². The zero-order valence-corrected chi connectivity index (χ0v) is 13.2. The first-order valence-corrected chi connectivity index (χ1v) is 7.76. The van der Waals surface area contributed by atoms with Crippen LogP contribution in [-0.2, 0) is 23.0 Å². The highest BCUT2D eigenvalue weighted by molar-refractivity contribution is 7.10. The zero-order chi connectivity index (χ0) is 17.1. The number of thiophene rings is 1. The molecule has 0 radical (unpaired) electrons. The van der Waals surface area contributed by atoms with Gasteiger partial charge in [-0.2, -0.15) is 13.2 Å². The molecule has 0 fully saturated rings. The van der Waals surface area contributed by atoms with Crippen molar-refractivity contribution in [2.24, 2.45) is 0 Å². The highest BCUT2D eigenvalue weighted by Crippen LogP contribution is 2.32. The number of benzene rings is 1. The number of carbonyl (C=O) groups excluding carboxylic acids is 1. The SMILES string of the molecule is CC(O)(CNC(=O)Cc1ccccc1C(F)(F)F)c1cccs1. The molecule has 0 spiro atoms. The van der Waals surface area contributed by atoms with E-state index in [9.17, 15) is 23.1 Å². The van der Waals surface area contributed by atoms with Crippen molar-refractivity contribution < 1.29 is 23.1 Å². The van der Waals surface area contributed by atoms with Gasteiger partial charge in [0, 0.05) is 4.88 Å². The molecule has 2 rings (SSSR count). The molecular formula is C16H16F3NO2S. The lowest BCUT2D eigenvalue weighted by Crippen LogP contribution is -2.38. The fraction of sp³-hybridized carbons (Fsp3) is 0.312.